The first-order valence-electron chi connectivity index (χ1n) is 6.25. The number of nitrogens with one attached hydrogen (secondary N) is 1. The van der Waals surface area contributed by atoms with Crippen LogP contribution in [0.15, 0.2) is 18.2 Å². The Morgan fingerprint density at radius 3 is 2.43 bits per heavy atom. The molecule has 0 unspecified atom stereocenters. The molecule has 0 aromatic heterocycles. The minimum Gasteiger partial charge on any atom is -0.398 e. The van der Waals surface area contributed by atoms with Crippen molar-refractivity contribution in [2.45, 2.75) is 25.4 Å². The number of para-hydroxylation sites is 1. The second-order valence-corrected chi connectivity index (χ2v) is 4.44. The second-order valence-electron chi connectivity index (χ2n) is 4.44. The molecule has 21 heavy (non-hydrogen) atoms. The van der Waals surface area contributed by atoms with Crippen LogP contribution in [0.25, 0.3) is 0 Å². The summed E-state index contributed by atoms with van der Waals surface area (Å²) in [4.78, 5) is 22.3. The van der Waals surface area contributed by atoms with Gasteiger partial charge in [-0.05, 0) is 25.0 Å². The van der Waals surface area contributed by atoms with Crippen LogP contribution in [0.1, 0.15) is 35.2 Å². The molecule has 1 rings (SSSR count). The highest BCUT2D eigenvalue weighted by atomic mass is 19.4. The lowest BCUT2D eigenvalue weighted by Crippen LogP contribution is -2.26. The minimum absolute atomic E-state index is 0.196. The summed E-state index contributed by atoms with van der Waals surface area (Å²) in [7, 11) is 0. The molecule has 0 aliphatic heterocycles. The van der Waals surface area contributed by atoms with Crippen molar-refractivity contribution in [2.24, 2.45) is 5.73 Å². The van der Waals surface area contributed by atoms with E-state index in [-0.39, 0.29) is 18.5 Å². The van der Waals surface area contributed by atoms with Gasteiger partial charge in [0.15, 0.2) is 0 Å². The molecule has 0 spiro atoms. The van der Waals surface area contributed by atoms with Crippen LogP contribution in [-0.2, 0) is 11.0 Å². The number of nitrogen functional groups attached to an aromatic ring is 1. The van der Waals surface area contributed by atoms with Gasteiger partial charge in [0.05, 0.1) is 16.8 Å². The molecule has 0 radical (unpaired) electrons. The fourth-order valence-corrected chi connectivity index (χ4v) is 1.73. The molecule has 1 aromatic rings. The van der Waals surface area contributed by atoms with Crippen LogP contribution in [0.3, 0.4) is 0 Å². The van der Waals surface area contributed by atoms with Crippen LogP contribution >= 0.6 is 0 Å². The van der Waals surface area contributed by atoms with Gasteiger partial charge in [0.2, 0.25) is 5.91 Å². The van der Waals surface area contributed by atoms with Crippen LogP contribution in [-0.4, -0.2) is 18.4 Å². The van der Waals surface area contributed by atoms with Crippen LogP contribution in [0, 0.1) is 0 Å². The van der Waals surface area contributed by atoms with Gasteiger partial charge in [-0.1, -0.05) is 6.07 Å². The molecule has 0 fully saturated rings. The summed E-state index contributed by atoms with van der Waals surface area (Å²) >= 11 is 0. The molecule has 0 bridgehead atoms. The number of anilines is 1. The minimum atomic E-state index is -4.61. The number of carbonyl (C=O) groups is 2. The molecular formula is C13H16F3N3O2. The van der Waals surface area contributed by atoms with E-state index >= 15 is 0 Å². The van der Waals surface area contributed by atoms with Gasteiger partial charge in [-0.25, -0.2) is 0 Å². The Morgan fingerprint density at radius 1 is 1.19 bits per heavy atom. The van der Waals surface area contributed by atoms with Gasteiger partial charge < -0.3 is 16.8 Å². The van der Waals surface area contributed by atoms with Crippen molar-refractivity contribution in [3.8, 4) is 0 Å². The molecule has 116 valence electrons. The number of halogens is 3. The van der Waals surface area contributed by atoms with Crippen molar-refractivity contribution in [1.82, 2.24) is 5.32 Å². The van der Waals surface area contributed by atoms with E-state index in [4.69, 9.17) is 11.5 Å². The number of benzene rings is 1. The summed E-state index contributed by atoms with van der Waals surface area (Å²) in [6, 6.07) is 3.17. The smallest absolute Gasteiger partial charge is 0.398 e. The van der Waals surface area contributed by atoms with Gasteiger partial charge in [-0.3, -0.25) is 9.59 Å². The first kappa shape index (κ1) is 16.8. The van der Waals surface area contributed by atoms with E-state index in [0.717, 1.165) is 12.1 Å². The van der Waals surface area contributed by atoms with Gasteiger partial charge in [0, 0.05) is 13.0 Å². The number of rotatable bonds is 6. The third-order valence-corrected chi connectivity index (χ3v) is 2.79. The summed E-state index contributed by atoms with van der Waals surface area (Å²) in [6.45, 7) is 0.224. The van der Waals surface area contributed by atoms with Crippen molar-refractivity contribution >= 4 is 17.5 Å². The number of hydrogen-bond donors (Lipinski definition) is 3. The third kappa shape index (κ3) is 4.97. The van der Waals surface area contributed by atoms with Crippen molar-refractivity contribution in [3.63, 3.8) is 0 Å². The van der Waals surface area contributed by atoms with Crippen LogP contribution in [0.4, 0.5) is 18.9 Å². The lowest BCUT2D eigenvalue weighted by Gasteiger charge is -2.13. The molecule has 8 heteroatoms. The van der Waals surface area contributed by atoms with Crippen molar-refractivity contribution in [3.05, 3.63) is 29.3 Å². The number of primary amides is 1. The highest BCUT2D eigenvalue weighted by Gasteiger charge is 2.34. The summed E-state index contributed by atoms with van der Waals surface area (Å²) in [5, 5.41) is 2.45. The molecule has 0 aliphatic carbocycles. The molecule has 0 aliphatic rings. The lowest BCUT2D eigenvalue weighted by atomic mass is 10.1. The van der Waals surface area contributed by atoms with E-state index in [2.05, 4.69) is 5.32 Å². The normalized spacial score (nSPS) is 11.2. The summed E-state index contributed by atoms with van der Waals surface area (Å²) < 4.78 is 38.0. The van der Waals surface area contributed by atoms with Gasteiger partial charge in [-0.2, -0.15) is 13.2 Å². The molecule has 0 saturated carbocycles. The summed E-state index contributed by atoms with van der Waals surface area (Å²) in [5.74, 6) is -1.12. The average Bonchev–Trinajstić information content (AvgIpc) is 2.36. The van der Waals surface area contributed by atoms with Crippen molar-refractivity contribution < 1.29 is 22.8 Å². The number of nitrogens with two attached hydrogens (primary N) is 2. The first-order valence-corrected chi connectivity index (χ1v) is 6.25. The SMILES string of the molecule is NC(=O)CCCCNC(=O)c1cccc(C(F)(F)F)c1N. The fraction of sp³-hybridized carbons (Fsp3) is 0.385. The number of unbranched alkanes of at least 4 members (excludes halogenated alkanes) is 1. The highest BCUT2D eigenvalue weighted by molar-refractivity contribution is 5.99. The number of hydrogen-bond acceptors (Lipinski definition) is 3. The van der Waals surface area contributed by atoms with Crippen LogP contribution in [0.5, 0.6) is 0 Å². The van der Waals surface area contributed by atoms with Crippen molar-refractivity contribution in [1.29, 1.82) is 0 Å². The topological polar surface area (TPSA) is 98.2 Å². The average molecular weight is 303 g/mol. The predicted octanol–water partition coefficient (Wildman–Crippen LogP) is 1.67. The Kier molecular flexibility index (Phi) is 5.57. The molecule has 5 N–H and O–H groups in total. The standard InChI is InChI=1S/C13H16F3N3O2/c14-13(15,16)9-5-3-4-8(11(9)18)12(21)19-7-2-1-6-10(17)20/h3-5H,1-2,6-7,18H2,(H2,17,20)(H,19,21). The molecule has 0 atom stereocenters. The second kappa shape index (κ2) is 6.96. The predicted molar refractivity (Wildman–Crippen MR) is 71.2 cm³/mol. The zero-order valence-corrected chi connectivity index (χ0v) is 11.2. The van der Waals surface area contributed by atoms with E-state index in [9.17, 15) is 22.8 Å². The lowest BCUT2D eigenvalue weighted by molar-refractivity contribution is -0.136. The Balaban J connectivity index is 2.65. The maximum Gasteiger partial charge on any atom is 0.418 e. The summed E-state index contributed by atoms with van der Waals surface area (Å²) in [5.41, 5.74) is 8.49. The van der Waals surface area contributed by atoms with Crippen LogP contribution in [0.2, 0.25) is 0 Å². The maximum absolute atomic E-state index is 12.7. The first-order chi connectivity index (χ1) is 9.73. The third-order valence-electron chi connectivity index (χ3n) is 2.79. The molecule has 0 saturated heterocycles. The van der Waals surface area contributed by atoms with E-state index in [1.165, 1.54) is 6.07 Å². The zero-order valence-electron chi connectivity index (χ0n) is 11.2. The summed E-state index contributed by atoms with van der Waals surface area (Å²) in [6.07, 6.45) is -3.43. The molecule has 1 aromatic carbocycles. The van der Waals surface area contributed by atoms with Crippen molar-refractivity contribution in [2.75, 3.05) is 12.3 Å². The van der Waals surface area contributed by atoms with Gasteiger partial charge in [-0.15, -0.1) is 0 Å². The van der Waals surface area contributed by atoms with E-state index < -0.39 is 29.2 Å². The van der Waals surface area contributed by atoms with E-state index in [0.29, 0.717) is 12.8 Å². The quantitative estimate of drug-likeness (QED) is 0.550. The van der Waals surface area contributed by atoms with E-state index in [1.807, 2.05) is 0 Å². The van der Waals surface area contributed by atoms with Gasteiger partial charge in [0.25, 0.3) is 5.91 Å². The Labute approximate surface area is 119 Å². The maximum atomic E-state index is 12.7. The molecule has 2 amide bonds. The molecule has 5 nitrogen and oxygen atoms in total. The fourth-order valence-electron chi connectivity index (χ4n) is 1.73. The number of alkyl halides is 3. The number of amides is 2. The molecule has 0 heterocycles. The van der Waals surface area contributed by atoms with Crippen LogP contribution < -0.4 is 16.8 Å². The Hall–Kier alpha value is -2.25. The van der Waals surface area contributed by atoms with Gasteiger partial charge >= 0.3 is 6.18 Å². The Morgan fingerprint density at radius 2 is 1.86 bits per heavy atom. The van der Waals surface area contributed by atoms with Gasteiger partial charge in [0.1, 0.15) is 0 Å². The largest absolute Gasteiger partial charge is 0.418 e. The zero-order chi connectivity index (χ0) is 16.0. The number of carbonyl (C=O) groups excluding carboxylic acids is 2. The monoisotopic (exact) mass is 303 g/mol. The highest BCUT2D eigenvalue weighted by Crippen LogP contribution is 2.34. The molecular weight excluding hydrogens is 287 g/mol. The Bertz CT molecular complexity index is 530. The van der Waals surface area contributed by atoms with E-state index in [1.54, 1.807) is 0 Å².